The lowest BCUT2D eigenvalue weighted by Gasteiger charge is -2.21. The molecule has 1 fully saturated rings. The van der Waals surface area contributed by atoms with Crippen LogP contribution in [-0.4, -0.2) is 34.6 Å². The third kappa shape index (κ3) is 5.72. The lowest BCUT2D eigenvalue weighted by Crippen LogP contribution is -2.34. The number of aromatic nitrogens is 2. The number of carbonyl (C=O) groups is 1. The molecule has 1 heterocycles. The van der Waals surface area contributed by atoms with E-state index in [1.165, 1.54) is 18.0 Å². The van der Waals surface area contributed by atoms with Crippen LogP contribution >= 0.6 is 11.6 Å². The van der Waals surface area contributed by atoms with E-state index in [0.717, 1.165) is 31.9 Å². The summed E-state index contributed by atoms with van der Waals surface area (Å²) in [7, 11) is 1.50. The van der Waals surface area contributed by atoms with Crippen LogP contribution in [0.5, 0.6) is 5.75 Å². The number of rotatable bonds is 5. The van der Waals surface area contributed by atoms with Crippen molar-refractivity contribution in [3.05, 3.63) is 41.2 Å². The molecule has 1 aromatic heterocycles. The van der Waals surface area contributed by atoms with E-state index >= 15 is 0 Å². The molecule has 10 heteroatoms. The Hall–Kier alpha value is -2.55. The molecule has 0 radical (unpaired) electrons. The van der Waals surface area contributed by atoms with Gasteiger partial charge < -0.3 is 15.0 Å². The van der Waals surface area contributed by atoms with Crippen LogP contribution in [0.4, 0.5) is 29.6 Å². The molecule has 2 aromatic rings. The number of anilines is 2. The van der Waals surface area contributed by atoms with E-state index in [0.29, 0.717) is 23.2 Å². The third-order valence-electron chi connectivity index (χ3n) is 4.62. The third-order valence-corrected chi connectivity index (χ3v) is 4.86. The van der Waals surface area contributed by atoms with E-state index in [-0.39, 0.29) is 5.95 Å². The summed E-state index contributed by atoms with van der Waals surface area (Å²) >= 11 is 5.86. The monoisotopic (exact) mass is 428 g/mol. The summed E-state index contributed by atoms with van der Waals surface area (Å²) in [5.41, 5.74) is -0.911. The van der Waals surface area contributed by atoms with Gasteiger partial charge in [-0.3, -0.25) is 0 Å². The smallest absolute Gasteiger partial charge is 0.406 e. The van der Waals surface area contributed by atoms with Crippen molar-refractivity contribution in [3.63, 3.8) is 0 Å². The van der Waals surface area contributed by atoms with Crippen molar-refractivity contribution in [1.29, 1.82) is 0 Å². The van der Waals surface area contributed by atoms with Gasteiger partial charge in [-0.25, -0.2) is 14.8 Å². The molecule has 0 unspecified atom stereocenters. The highest BCUT2D eigenvalue weighted by molar-refractivity contribution is 6.30. The van der Waals surface area contributed by atoms with Crippen molar-refractivity contribution < 1.29 is 22.7 Å². The number of halogens is 4. The number of ether oxygens (including phenoxy) is 1. The van der Waals surface area contributed by atoms with Crippen molar-refractivity contribution >= 4 is 29.3 Å². The molecule has 29 heavy (non-hydrogen) atoms. The first kappa shape index (κ1) is 21.2. The Balaban J connectivity index is 1.76. The quantitative estimate of drug-likeness (QED) is 0.679. The predicted molar refractivity (Wildman–Crippen MR) is 102 cm³/mol. The van der Waals surface area contributed by atoms with Gasteiger partial charge in [0, 0.05) is 24.3 Å². The van der Waals surface area contributed by atoms with Crippen LogP contribution in [0, 0.1) is 5.92 Å². The Labute approximate surface area is 171 Å². The zero-order valence-electron chi connectivity index (χ0n) is 15.7. The van der Waals surface area contributed by atoms with Crippen molar-refractivity contribution in [2.45, 2.75) is 31.9 Å². The van der Waals surface area contributed by atoms with Crippen LogP contribution in [-0.2, 0) is 6.18 Å². The van der Waals surface area contributed by atoms with Crippen LogP contribution in [0.25, 0.3) is 0 Å². The van der Waals surface area contributed by atoms with E-state index in [2.05, 4.69) is 15.3 Å². The Morgan fingerprint density at radius 2 is 2.07 bits per heavy atom. The molecule has 1 aliphatic carbocycles. The van der Waals surface area contributed by atoms with Gasteiger partial charge in [0.2, 0.25) is 5.95 Å². The summed E-state index contributed by atoms with van der Waals surface area (Å²) in [5.74, 6) is -0.689. The summed E-state index contributed by atoms with van der Waals surface area (Å²) < 4.78 is 45.4. The summed E-state index contributed by atoms with van der Waals surface area (Å²) in [6.45, 7) is 0.440. The highest BCUT2D eigenvalue weighted by atomic mass is 35.5. The first-order valence-corrected chi connectivity index (χ1v) is 9.50. The summed E-state index contributed by atoms with van der Waals surface area (Å²) in [6.07, 6.45) is -0.670. The minimum atomic E-state index is -4.83. The van der Waals surface area contributed by atoms with Gasteiger partial charge in [-0.1, -0.05) is 30.5 Å². The summed E-state index contributed by atoms with van der Waals surface area (Å²) in [5, 5.41) is 3.06. The largest absolute Gasteiger partial charge is 0.437 e. The maximum Gasteiger partial charge on any atom is 0.437 e. The molecular weight excluding hydrogens is 409 g/mol. The molecule has 0 saturated heterocycles. The highest BCUT2D eigenvalue weighted by Gasteiger charge is 2.38. The first-order chi connectivity index (χ1) is 13.7. The Bertz CT molecular complexity index is 873. The molecular formula is C19H20ClF3N4O2. The predicted octanol–water partition coefficient (Wildman–Crippen LogP) is 5.51. The number of benzene rings is 1. The summed E-state index contributed by atoms with van der Waals surface area (Å²) in [6, 6.07) is 6.38. The van der Waals surface area contributed by atoms with Crippen LogP contribution in [0.3, 0.4) is 0 Å². The maximum absolute atomic E-state index is 13.5. The van der Waals surface area contributed by atoms with Crippen LogP contribution in [0.15, 0.2) is 30.5 Å². The lowest BCUT2D eigenvalue weighted by atomic mass is 10.1. The molecule has 1 amide bonds. The molecule has 6 nitrogen and oxygen atoms in total. The normalized spacial score (nSPS) is 14.7. The van der Waals surface area contributed by atoms with Gasteiger partial charge in [0.25, 0.3) is 0 Å². The Morgan fingerprint density at radius 3 is 2.72 bits per heavy atom. The highest BCUT2D eigenvalue weighted by Crippen LogP contribution is 2.35. The van der Waals surface area contributed by atoms with E-state index in [1.807, 2.05) is 0 Å². The van der Waals surface area contributed by atoms with Gasteiger partial charge in [-0.2, -0.15) is 13.2 Å². The molecule has 3 rings (SSSR count). The van der Waals surface area contributed by atoms with E-state index in [1.54, 1.807) is 18.2 Å². The van der Waals surface area contributed by atoms with Crippen molar-refractivity contribution in [1.82, 2.24) is 14.9 Å². The number of hydrogen-bond donors (Lipinski definition) is 1. The number of hydrogen-bond acceptors (Lipinski definition) is 5. The molecule has 0 aliphatic heterocycles. The van der Waals surface area contributed by atoms with Crippen LogP contribution in [0.2, 0.25) is 5.02 Å². The molecule has 1 aliphatic rings. The second-order valence-corrected chi connectivity index (χ2v) is 7.37. The molecule has 1 saturated carbocycles. The van der Waals surface area contributed by atoms with E-state index in [9.17, 15) is 18.0 Å². The average Bonchev–Trinajstić information content (AvgIpc) is 3.15. The fourth-order valence-electron chi connectivity index (χ4n) is 3.23. The van der Waals surface area contributed by atoms with E-state index in [4.69, 9.17) is 16.3 Å². The van der Waals surface area contributed by atoms with Crippen molar-refractivity contribution in [2.75, 3.05) is 18.9 Å². The van der Waals surface area contributed by atoms with Crippen molar-refractivity contribution in [2.24, 2.45) is 5.92 Å². The fourth-order valence-corrected chi connectivity index (χ4v) is 3.42. The van der Waals surface area contributed by atoms with Gasteiger partial charge in [0.15, 0.2) is 11.4 Å². The molecule has 0 spiro atoms. The second-order valence-electron chi connectivity index (χ2n) is 6.94. The zero-order chi connectivity index (χ0) is 21.0. The number of nitrogens with zero attached hydrogens (tertiary/aromatic N) is 3. The zero-order valence-corrected chi connectivity index (χ0v) is 16.4. The van der Waals surface area contributed by atoms with Gasteiger partial charge >= 0.3 is 12.3 Å². The second kappa shape index (κ2) is 8.86. The van der Waals surface area contributed by atoms with E-state index < -0.39 is 23.7 Å². The number of carbonyl (C=O) groups excluding carboxylic acids is 1. The lowest BCUT2D eigenvalue weighted by molar-refractivity contribution is -0.142. The average molecular weight is 429 g/mol. The van der Waals surface area contributed by atoms with Crippen LogP contribution in [0.1, 0.15) is 31.4 Å². The molecule has 0 atom stereocenters. The Kier molecular flexibility index (Phi) is 6.46. The number of nitrogens with one attached hydrogen (secondary N) is 1. The fraction of sp³-hybridized carbons (Fsp3) is 0.421. The van der Waals surface area contributed by atoms with Gasteiger partial charge in [-0.05, 0) is 37.0 Å². The molecule has 0 bridgehead atoms. The summed E-state index contributed by atoms with van der Waals surface area (Å²) in [4.78, 5) is 20.9. The molecule has 1 N–H and O–H groups in total. The van der Waals surface area contributed by atoms with Crippen LogP contribution < -0.4 is 10.1 Å². The molecule has 156 valence electrons. The molecule has 1 aromatic carbocycles. The Morgan fingerprint density at radius 1 is 1.34 bits per heavy atom. The number of alkyl halides is 3. The topological polar surface area (TPSA) is 67.4 Å². The number of amides is 1. The van der Waals surface area contributed by atoms with Crippen molar-refractivity contribution in [3.8, 4) is 5.75 Å². The minimum Gasteiger partial charge on any atom is -0.406 e. The van der Waals surface area contributed by atoms with Gasteiger partial charge in [0.1, 0.15) is 0 Å². The SMILES string of the molecule is CN(CC1CCCC1)C(=O)Oc1cnc(Nc2cccc(Cl)c2)nc1C(F)(F)F. The van der Waals surface area contributed by atoms with Gasteiger partial charge in [0.05, 0.1) is 6.20 Å². The first-order valence-electron chi connectivity index (χ1n) is 9.12. The minimum absolute atomic E-state index is 0.293. The maximum atomic E-state index is 13.5. The van der Waals surface area contributed by atoms with Gasteiger partial charge in [-0.15, -0.1) is 0 Å². The standard InChI is InChI=1S/C19H20ClF3N4O2/c1-27(11-12-5-2-3-6-12)18(28)29-15-10-24-17(26-16(15)19(21,22)23)25-14-8-4-7-13(20)9-14/h4,7-10,12H,2-3,5-6,11H2,1H3,(H,24,25,26).